The first-order valence-corrected chi connectivity index (χ1v) is 9.32. The Labute approximate surface area is 157 Å². The van der Waals surface area contributed by atoms with Crippen molar-refractivity contribution in [1.29, 1.82) is 0 Å². The molecular formula is C19H22N6O2. The summed E-state index contributed by atoms with van der Waals surface area (Å²) in [5.74, 6) is 3.47. The molecule has 1 aromatic carbocycles. The van der Waals surface area contributed by atoms with E-state index < -0.39 is 0 Å². The lowest BCUT2D eigenvalue weighted by Crippen LogP contribution is -2.47. The van der Waals surface area contributed by atoms with Crippen molar-refractivity contribution >= 4 is 11.7 Å². The highest BCUT2D eigenvalue weighted by Crippen LogP contribution is 2.33. The summed E-state index contributed by atoms with van der Waals surface area (Å²) in [6.07, 6.45) is 3.49. The fourth-order valence-electron chi connectivity index (χ4n) is 3.70. The van der Waals surface area contributed by atoms with Crippen molar-refractivity contribution in [2.24, 2.45) is 4.99 Å². The maximum absolute atomic E-state index is 5.48. The summed E-state index contributed by atoms with van der Waals surface area (Å²) >= 11 is 0. The molecule has 0 amide bonds. The van der Waals surface area contributed by atoms with Gasteiger partial charge in [0, 0.05) is 51.7 Å². The lowest BCUT2D eigenvalue weighted by atomic mass is 10.1. The smallest absolute Gasteiger partial charge is 0.231 e. The monoisotopic (exact) mass is 366 g/mol. The van der Waals surface area contributed by atoms with Crippen LogP contribution in [0.5, 0.6) is 11.5 Å². The molecule has 27 heavy (non-hydrogen) atoms. The van der Waals surface area contributed by atoms with Crippen LogP contribution in [0.4, 0.5) is 5.82 Å². The summed E-state index contributed by atoms with van der Waals surface area (Å²) in [5.41, 5.74) is 2.11. The Morgan fingerprint density at radius 1 is 1.00 bits per heavy atom. The molecule has 3 aliphatic heterocycles. The largest absolute Gasteiger partial charge is 0.454 e. The van der Waals surface area contributed by atoms with Crippen molar-refractivity contribution in [3.05, 3.63) is 41.9 Å². The van der Waals surface area contributed by atoms with Crippen LogP contribution in [-0.2, 0) is 6.54 Å². The Kier molecular flexibility index (Phi) is 4.25. The van der Waals surface area contributed by atoms with Crippen LogP contribution < -0.4 is 19.7 Å². The molecule has 140 valence electrons. The second-order valence-corrected chi connectivity index (χ2v) is 6.84. The van der Waals surface area contributed by atoms with Crippen LogP contribution in [0.2, 0.25) is 0 Å². The third-order valence-corrected chi connectivity index (χ3v) is 5.09. The maximum Gasteiger partial charge on any atom is 0.231 e. The van der Waals surface area contributed by atoms with Gasteiger partial charge in [-0.2, -0.15) is 0 Å². The Hall–Kier alpha value is -2.87. The number of amidine groups is 1. The number of aromatic nitrogens is 2. The summed E-state index contributed by atoms with van der Waals surface area (Å²) in [4.78, 5) is 18.4. The standard InChI is InChI=1S/C19H22N6O2/c1-2-15-16(27-13-26-15)11-14(1)12-24-7-9-25(10-8-24)19-17(20-3-6-23-19)18-21-4-5-22-18/h1-3,6,11H,4-5,7-10,12-13H2,(H,21,22). The third kappa shape index (κ3) is 3.28. The maximum atomic E-state index is 5.48. The number of anilines is 1. The predicted octanol–water partition coefficient (Wildman–Crippen LogP) is 0.877. The Morgan fingerprint density at radius 3 is 2.70 bits per heavy atom. The van der Waals surface area contributed by atoms with E-state index in [1.165, 1.54) is 5.56 Å². The number of ether oxygens (including phenoxy) is 2. The number of fused-ring (bicyclic) bond motifs is 1. The summed E-state index contributed by atoms with van der Waals surface area (Å²) < 4.78 is 10.9. The fraction of sp³-hybridized carbons (Fsp3) is 0.421. The number of aliphatic imine (C=N–C) groups is 1. The van der Waals surface area contributed by atoms with E-state index in [9.17, 15) is 0 Å². The molecular weight excluding hydrogens is 344 g/mol. The highest BCUT2D eigenvalue weighted by molar-refractivity contribution is 6.01. The molecule has 8 nitrogen and oxygen atoms in total. The molecule has 0 saturated carbocycles. The zero-order valence-corrected chi connectivity index (χ0v) is 15.1. The van der Waals surface area contributed by atoms with Gasteiger partial charge in [-0.25, -0.2) is 9.97 Å². The van der Waals surface area contributed by atoms with Crippen LogP contribution >= 0.6 is 0 Å². The normalized spacial score (nSPS) is 19.1. The topological polar surface area (TPSA) is 75.1 Å². The number of piperazine rings is 1. The average molecular weight is 366 g/mol. The van der Waals surface area contributed by atoms with E-state index in [1.807, 2.05) is 6.07 Å². The van der Waals surface area contributed by atoms with Gasteiger partial charge >= 0.3 is 0 Å². The van der Waals surface area contributed by atoms with Crippen LogP contribution in [0.15, 0.2) is 35.6 Å². The Bertz CT molecular complexity index is 863. The van der Waals surface area contributed by atoms with Crippen molar-refractivity contribution in [2.75, 3.05) is 51.0 Å². The number of hydrogen-bond acceptors (Lipinski definition) is 8. The van der Waals surface area contributed by atoms with Crippen LogP contribution in [0.3, 0.4) is 0 Å². The van der Waals surface area contributed by atoms with Crippen LogP contribution in [0, 0.1) is 0 Å². The molecule has 0 unspecified atom stereocenters. The minimum Gasteiger partial charge on any atom is -0.454 e. The van der Waals surface area contributed by atoms with Crippen LogP contribution in [0.1, 0.15) is 11.3 Å². The van der Waals surface area contributed by atoms with Crippen molar-refractivity contribution in [3.63, 3.8) is 0 Å². The summed E-state index contributed by atoms with van der Waals surface area (Å²) in [6, 6.07) is 6.19. The molecule has 5 rings (SSSR count). The van der Waals surface area contributed by atoms with E-state index in [4.69, 9.17) is 9.47 Å². The molecule has 8 heteroatoms. The predicted molar refractivity (Wildman–Crippen MR) is 101 cm³/mol. The molecule has 1 fully saturated rings. The molecule has 3 aliphatic rings. The number of nitrogens with one attached hydrogen (secondary N) is 1. The van der Waals surface area contributed by atoms with E-state index in [2.05, 4.69) is 42.2 Å². The van der Waals surface area contributed by atoms with Crippen LogP contribution in [0.25, 0.3) is 0 Å². The number of benzene rings is 1. The van der Waals surface area contributed by atoms with Gasteiger partial charge in [0.25, 0.3) is 0 Å². The van der Waals surface area contributed by atoms with Gasteiger partial charge in [0.15, 0.2) is 23.2 Å². The molecule has 1 N–H and O–H groups in total. The molecule has 0 spiro atoms. The minimum absolute atomic E-state index is 0.318. The number of nitrogens with zero attached hydrogens (tertiary/aromatic N) is 5. The minimum atomic E-state index is 0.318. The van der Waals surface area contributed by atoms with Crippen molar-refractivity contribution in [1.82, 2.24) is 20.2 Å². The van der Waals surface area contributed by atoms with Gasteiger partial charge in [0.2, 0.25) is 6.79 Å². The van der Waals surface area contributed by atoms with Crippen LogP contribution in [-0.4, -0.2) is 66.8 Å². The van der Waals surface area contributed by atoms with E-state index in [1.54, 1.807) is 12.4 Å². The first-order chi connectivity index (χ1) is 13.4. The number of hydrogen-bond donors (Lipinski definition) is 1. The molecule has 0 bridgehead atoms. The molecule has 0 aliphatic carbocycles. The SMILES string of the molecule is c1cnc(N2CCN(Cc3ccc4c(c3)OCO4)CC2)c(C2=NCCN2)n1. The van der Waals surface area contributed by atoms with Gasteiger partial charge in [0.1, 0.15) is 5.69 Å². The lowest BCUT2D eigenvalue weighted by Gasteiger charge is -2.35. The first kappa shape index (κ1) is 16.3. The summed E-state index contributed by atoms with van der Waals surface area (Å²) in [5, 5.41) is 3.30. The van der Waals surface area contributed by atoms with Gasteiger partial charge in [-0.3, -0.25) is 9.89 Å². The molecule has 4 heterocycles. The van der Waals surface area contributed by atoms with Gasteiger partial charge in [0.05, 0.1) is 6.54 Å². The molecule has 2 aromatic rings. The lowest BCUT2D eigenvalue weighted by molar-refractivity contribution is 0.174. The quantitative estimate of drug-likeness (QED) is 0.861. The molecule has 1 aromatic heterocycles. The zero-order valence-electron chi connectivity index (χ0n) is 15.1. The van der Waals surface area contributed by atoms with E-state index >= 15 is 0 Å². The van der Waals surface area contributed by atoms with E-state index in [-0.39, 0.29) is 0 Å². The van der Waals surface area contributed by atoms with Crippen molar-refractivity contribution in [2.45, 2.75) is 6.54 Å². The molecule has 0 atom stereocenters. The highest BCUT2D eigenvalue weighted by Gasteiger charge is 2.24. The average Bonchev–Trinajstić information content (AvgIpc) is 3.40. The van der Waals surface area contributed by atoms with Crippen molar-refractivity contribution < 1.29 is 9.47 Å². The second-order valence-electron chi connectivity index (χ2n) is 6.84. The van der Waals surface area contributed by atoms with Gasteiger partial charge in [-0.15, -0.1) is 0 Å². The van der Waals surface area contributed by atoms with Gasteiger partial charge in [-0.1, -0.05) is 6.07 Å². The fourth-order valence-corrected chi connectivity index (χ4v) is 3.70. The van der Waals surface area contributed by atoms with Crippen molar-refractivity contribution in [3.8, 4) is 11.5 Å². The Morgan fingerprint density at radius 2 is 1.85 bits per heavy atom. The summed E-state index contributed by atoms with van der Waals surface area (Å²) in [7, 11) is 0. The Balaban J connectivity index is 1.24. The first-order valence-electron chi connectivity index (χ1n) is 9.32. The van der Waals surface area contributed by atoms with Gasteiger partial charge < -0.3 is 19.7 Å². The number of rotatable bonds is 4. The zero-order chi connectivity index (χ0) is 18.1. The second kappa shape index (κ2) is 7.03. The molecule has 1 saturated heterocycles. The third-order valence-electron chi connectivity index (χ3n) is 5.09. The molecule has 0 radical (unpaired) electrons. The van der Waals surface area contributed by atoms with Gasteiger partial charge in [-0.05, 0) is 17.7 Å². The van der Waals surface area contributed by atoms with E-state index in [0.29, 0.717) is 6.79 Å². The van der Waals surface area contributed by atoms with E-state index in [0.717, 1.165) is 74.7 Å². The summed E-state index contributed by atoms with van der Waals surface area (Å²) in [6.45, 7) is 6.69. The highest BCUT2D eigenvalue weighted by atomic mass is 16.7.